The molecule has 240 valence electrons. The summed E-state index contributed by atoms with van der Waals surface area (Å²) in [5.74, 6) is 0.0341. The van der Waals surface area contributed by atoms with Crippen molar-refractivity contribution in [3.05, 3.63) is 113 Å². The maximum absolute atomic E-state index is 13.1. The molecule has 5 aromatic rings. The van der Waals surface area contributed by atoms with Gasteiger partial charge in [0.25, 0.3) is 5.91 Å². The fraction of sp³-hybridized carbons (Fsp3) is 0.325. The van der Waals surface area contributed by atoms with Crippen LogP contribution in [0.1, 0.15) is 59.3 Å². The number of hydrogen-bond acceptors (Lipinski definition) is 5. The van der Waals surface area contributed by atoms with Gasteiger partial charge in [0, 0.05) is 59.6 Å². The summed E-state index contributed by atoms with van der Waals surface area (Å²) in [5, 5.41) is 13.3. The van der Waals surface area contributed by atoms with E-state index in [9.17, 15) is 9.59 Å². The van der Waals surface area contributed by atoms with Gasteiger partial charge < -0.3 is 16.0 Å². The van der Waals surface area contributed by atoms with Gasteiger partial charge in [-0.05, 0) is 92.3 Å². The third-order valence-corrected chi connectivity index (χ3v) is 9.66. The second-order valence-electron chi connectivity index (χ2n) is 13.0. The molecule has 7 rings (SSSR count). The molecule has 1 fully saturated rings. The molecule has 1 saturated heterocycles. The van der Waals surface area contributed by atoms with E-state index in [0.29, 0.717) is 12.1 Å². The van der Waals surface area contributed by atoms with Crippen molar-refractivity contribution in [3.63, 3.8) is 0 Å². The molecular weight excluding hydrogens is 582 g/mol. The molecule has 1 aliphatic carbocycles. The summed E-state index contributed by atoms with van der Waals surface area (Å²) < 4.78 is 0. The van der Waals surface area contributed by atoms with Gasteiger partial charge in [-0.3, -0.25) is 19.5 Å². The van der Waals surface area contributed by atoms with Gasteiger partial charge in [0.05, 0.1) is 11.4 Å². The SMILES string of the molecule is O=C(Nc1cccc2ccccc12)c1ccc(CN2CCC[C@H](C(=O)NCCCNc3c4c(nc5ccccc35)CCCC4)C2)cc1. The van der Waals surface area contributed by atoms with Crippen molar-refractivity contribution in [1.29, 1.82) is 0 Å². The average molecular weight is 626 g/mol. The van der Waals surface area contributed by atoms with Gasteiger partial charge in [-0.15, -0.1) is 0 Å². The van der Waals surface area contributed by atoms with Crippen LogP contribution in [0.4, 0.5) is 11.4 Å². The zero-order valence-electron chi connectivity index (χ0n) is 26.9. The Morgan fingerprint density at radius 2 is 1.60 bits per heavy atom. The van der Waals surface area contributed by atoms with Gasteiger partial charge in [0.2, 0.25) is 5.91 Å². The quantitative estimate of drug-likeness (QED) is 0.141. The Morgan fingerprint density at radius 1 is 0.809 bits per heavy atom. The molecule has 1 aromatic heterocycles. The molecule has 0 spiro atoms. The number of fused-ring (bicyclic) bond motifs is 3. The van der Waals surface area contributed by atoms with Gasteiger partial charge in [-0.25, -0.2) is 0 Å². The van der Waals surface area contributed by atoms with E-state index >= 15 is 0 Å². The van der Waals surface area contributed by atoms with Crippen molar-refractivity contribution in [3.8, 4) is 0 Å². The lowest BCUT2D eigenvalue weighted by molar-refractivity contribution is -0.126. The molecule has 7 heteroatoms. The van der Waals surface area contributed by atoms with E-state index in [-0.39, 0.29) is 17.7 Å². The second-order valence-corrected chi connectivity index (χ2v) is 13.0. The summed E-state index contributed by atoms with van der Waals surface area (Å²) in [7, 11) is 0. The molecule has 4 aromatic carbocycles. The van der Waals surface area contributed by atoms with Gasteiger partial charge in [0.1, 0.15) is 0 Å². The van der Waals surface area contributed by atoms with Gasteiger partial charge in [-0.2, -0.15) is 0 Å². The molecule has 7 nitrogen and oxygen atoms in total. The van der Waals surface area contributed by atoms with Crippen molar-refractivity contribution in [2.24, 2.45) is 5.92 Å². The molecule has 0 saturated carbocycles. The van der Waals surface area contributed by atoms with Gasteiger partial charge in [0.15, 0.2) is 0 Å². The number of aromatic nitrogens is 1. The van der Waals surface area contributed by atoms with E-state index in [4.69, 9.17) is 4.98 Å². The number of anilines is 2. The zero-order valence-corrected chi connectivity index (χ0v) is 26.9. The van der Waals surface area contributed by atoms with Crippen LogP contribution in [-0.2, 0) is 24.2 Å². The maximum Gasteiger partial charge on any atom is 0.255 e. The molecule has 0 bridgehead atoms. The molecule has 1 atom stereocenters. The normalized spacial score (nSPS) is 16.5. The number of likely N-dealkylation sites (tertiary alicyclic amines) is 1. The number of aryl methyl sites for hydroxylation is 1. The van der Waals surface area contributed by atoms with Crippen LogP contribution in [0.25, 0.3) is 21.7 Å². The van der Waals surface area contributed by atoms with Crippen molar-refractivity contribution in [2.75, 3.05) is 36.8 Å². The Hall–Kier alpha value is -4.75. The minimum atomic E-state index is -0.119. The third kappa shape index (κ3) is 7.15. The summed E-state index contributed by atoms with van der Waals surface area (Å²) in [6.45, 7) is 3.97. The molecule has 2 heterocycles. The summed E-state index contributed by atoms with van der Waals surface area (Å²) in [4.78, 5) is 33.5. The summed E-state index contributed by atoms with van der Waals surface area (Å²) in [6, 6.07) is 30.2. The summed E-state index contributed by atoms with van der Waals surface area (Å²) in [6.07, 6.45) is 7.35. The highest BCUT2D eigenvalue weighted by molar-refractivity contribution is 6.09. The number of rotatable bonds is 10. The molecule has 3 N–H and O–H groups in total. The maximum atomic E-state index is 13.1. The fourth-order valence-electron chi connectivity index (χ4n) is 7.19. The van der Waals surface area contributed by atoms with E-state index in [1.807, 2.05) is 66.7 Å². The van der Waals surface area contributed by atoms with Crippen LogP contribution in [0.5, 0.6) is 0 Å². The van der Waals surface area contributed by atoms with Crippen LogP contribution in [0.3, 0.4) is 0 Å². The number of nitrogens with zero attached hydrogens (tertiary/aromatic N) is 2. The lowest BCUT2D eigenvalue weighted by atomic mass is 9.92. The summed E-state index contributed by atoms with van der Waals surface area (Å²) in [5.41, 5.74) is 7.49. The van der Waals surface area contributed by atoms with Crippen molar-refractivity contribution >= 4 is 44.9 Å². The molecule has 0 radical (unpaired) electrons. The monoisotopic (exact) mass is 625 g/mol. The standard InChI is InChI=1S/C40H43N5O2/c46-39(42-24-9-23-41-38-33-14-3-5-16-36(33)43-37-17-6-4-15-34(37)38)31-12-8-25-45(27-31)26-28-19-21-30(22-20-28)40(47)44-35-18-7-11-29-10-1-2-13-32(29)35/h1-3,5,7,10-11,13-14,16,18-22,31H,4,6,8-9,12,15,17,23-27H2,(H,41,43)(H,42,46)(H,44,47)/t31-/m0/s1. The smallest absolute Gasteiger partial charge is 0.255 e. The molecule has 0 unspecified atom stereocenters. The van der Waals surface area contributed by atoms with E-state index < -0.39 is 0 Å². The number of carbonyl (C=O) groups excluding carboxylic acids is 2. The van der Waals surface area contributed by atoms with Crippen LogP contribution in [-0.4, -0.2) is 47.9 Å². The van der Waals surface area contributed by atoms with Crippen LogP contribution in [0.15, 0.2) is 91.0 Å². The highest BCUT2D eigenvalue weighted by atomic mass is 16.2. The first-order valence-electron chi connectivity index (χ1n) is 17.1. The number of benzene rings is 4. The second kappa shape index (κ2) is 14.3. The third-order valence-electron chi connectivity index (χ3n) is 9.66. The van der Waals surface area contributed by atoms with Crippen molar-refractivity contribution in [1.82, 2.24) is 15.2 Å². The number of amides is 2. The first-order valence-corrected chi connectivity index (χ1v) is 17.1. The van der Waals surface area contributed by atoms with Gasteiger partial charge in [-0.1, -0.05) is 66.7 Å². The first-order chi connectivity index (χ1) is 23.1. The largest absolute Gasteiger partial charge is 0.384 e. The first kappa shape index (κ1) is 30.9. The van der Waals surface area contributed by atoms with E-state index in [1.54, 1.807) is 0 Å². The summed E-state index contributed by atoms with van der Waals surface area (Å²) >= 11 is 0. The van der Waals surface area contributed by atoms with E-state index in [1.165, 1.54) is 35.2 Å². The molecular formula is C40H43N5O2. The molecule has 1 aliphatic heterocycles. The number of hydrogen-bond donors (Lipinski definition) is 3. The molecule has 47 heavy (non-hydrogen) atoms. The Bertz CT molecular complexity index is 1880. The highest BCUT2D eigenvalue weighted by Crippen LogP contribution is 2.33. The van der Waals surface area contributed by atoms with Crippen molar-refractivity contribution in [2.45, 2.75) is 51.5 Å². The molecule has 2 aliphatic rings. The Morgan fingerprint density at radius 3 is 2.49 bits per heavy atom. The lowest BCUT2D eigenvalue weighted by Gasteiger charge is -2.32. The van der Waals surface area contributed by atoms with Crippen LogP contribution in [0.2, 0.25) is 0 Å². The zero-order chi connectivity index (χ0) is 32.0. The fourth-order valence-corrected chi connectivity index (χ4v) is 7.19. The Balaban J connectivity index is 0.878. The lowest BCUT2D eigenvalue weighted by Crippen LogP contribution is -2.43. The number of carbonyl (C=O) groups is 2. The van der Waals surface area contributed by atoms with Gasteiger partial charge >= 0.3 is 0 Å². The number of pyridine rings is 1. The van der Waals surface area contributed by atoms with Crippen LogP contribution >= 0.6 is 0 Å². The molecule has 2 amide bonds. The average Bonchev–Trinajstić information content (AvgIpc) is 3.11. The number of piperidine rings is 1. The van der Waals surface area contributed by atoms with Crippen LogP contribution in [0, 0.1) is 5.92 Å². The minimum Gasteiger partial charge on any atom is -0.384 e. The topological polar surface area (TPSA) is 86.4 Å². The predicted octanol–water partition coefficient (Wildman–Crippen LogP) is 7.35. The number of para-hydroxylation sites is 1. The van der Waals surface area contributed by atoms with Crippen molar-refractivity contribution < 1.29 is 9.59 Å². The van der Waals surface area contributed by atoms with Crippen LogP contribution < -0.4 is 16.0 Å². The highest BCUT2D eigenvalue weighted by Gasteiger charge is 2.26. The van der Waals surface area contributed by atoms with E-state index in [2.05, 4.69) is 45.1 Å². The Labute approximate surface area is 276 Å². The minimum absolute atomic E-state index is 0.00128. The van der Waals surface area contributed by atoms with E-state index in [0.717, 1.165) is 85.8 Å². The Kier molecular flexibility index (Phi) is 9.43. The predicted molar refractivity (Wildman–Crippen MR) is 191 cm³/mol. The number of nitrogens with one attached hydrogen (secondary N) is 3.